The van der Waals surface area contributed by atoms with E-state index in [4.69, 9.17) is 8.83 Å². The maximum atomic E-state index is 11.6. The lowest BCUT2D eigenvalue weighted by molar-refractivity contribution is 0.272. The zero-order valence-corrected chi connectivity index (χ0v) is 12.6. The second kappa shape index (κ2) is 5.37. The van der Waals surface area contributed by atoms with Crippen LogP contribution in [0.15, 0.2) is 37.9 Å². The van der Waals surface area contributed by atoms with Crippen molar-refractivity contribution in [2.45, 2.75) is 27.3 Å². The number of hydrogen-bond acceptors (Lipinski definition) is 4. The van der Waals surface area contributed by atoms with Crippen LogP contribution >= 0.6 is 0 Å². The van der Waals surface area contributed by atoms with E-state index < -0.39 is 0 Å². The summed E-state index contributed by atoms with van der Waals surface area (Å²) in [5.41, 5.74) is 1.99. The minimum atomic E-state index is -0.320. The van der Waals surface area contributed by atoms with Gasteiger partial charge in [0.15, 0.2) is 0 Å². The zero-order valence-electron chi connectivity index (χ0n) is 12.6. The molecule has 3 rings (SSSR count). The number of hydrogen-bond donors (Lipinski definition) is 0. The first-order chi connectivity index (χ1) is 10.1. The molecule has 21 heavy (non-hydrogen) atoms. The van der Waals surface area contributed by atoms with Gasteiger partial charge in [-0.25, -0.2) is 4.79 Å². The summed E-state index contributed by atoms with van der Waals surface area (Å²) in [5.74, 6) is 0.894. The number of furan rings is 1. The van der Waals surface area contributed by atoms with Crippen molar-refractivity contribution in [3.8, 4) is 0 Å². The van der Waals surface area contributed by atoms with Crippen LogP contribution in [0.4, 0.5) is 0 Å². The molecule has 4 nitrogen and oxygen atoms in total. The van der Waals surface area contributed by atoms with Gasteiger partial charge in [-0.05, 0) is 43.8 Å². The van der Waals surface area contributed by atoms with E-state index in [-0.39, 0.29) is 5.63 Å². The summed E-state index contributed by atoms with van der Waals surface area (Å²) in [7, 11) is 0. The number of fused-ring (bicyclic) bond motifs is 3. The Morgan fingerprint density at radius 1 is 1.05 bits per heavy atom. The van der Waals surface area contributed by atoms with E-state index in [0.29, 0.717) is 5.58 Å². The molecule has 110 valence electrons. The molecule has 3 aromatic rings. The molecule has 0 aliphatic carbocycles. The Balaban J connectivity index is 2.17. The summed E-state index contributed by atoms with van der Waals surface area (Å²) >= 11 is 0. The maximum Gasteiger partial charge on any atom is 0.336 e. The van der Waals surface area contributed by atoms with Gasteiger partial charge in [0.1, 0.15) is 16.9 Å². The van der Waals surface area contributed by atoms with Gasteiger partial charge in [0.05, 0.1) is 11.9 Å². The average molecular weight is 285 g/mol. The first-order valence-electron chi connectivity index (χ1n) is 7.30. The summed E-state index contributed by atoms with van der Waals surface area (Å²) in [6.45, 7) is 8.89. The molecule has 0 aliphatic rings. The largest absolute Gasteiger partial charge is 0.460 e. The van der Waals surface area contributed by atoms with Crippen molar-refractivity contribution in [1.82, 2.24) is 4.90 Å². The van der Waals surface area contributed by atoms with Gasteiger partial charge in [-0.3, -0.25) is 4.90 Å². The van der Waals surface area contributed by atoms with E-state index in [2.05, 4.69) is 18.7 Å². The molecule has 0 bridgehead atoms. The molecule has 0 radical (unpaired) electrons. The molecule has 4 heteroatoms. The molecule has 2 heterocycles. The van der Waals surface area contributed by atoms with Crippen LogP contribution in [0.2, 0.25) is 0 Å². The highest BCUT2D eigenvalue weighted by Crippen LogP contribution is 2.29. The van der Waals surface area contributed by atoms with E-state index >= 15 is 0 Å². The highest BCUT2D eigenvalue weighted by molar-refractivity contribution is 6.03. The van der Waals surface area contributed by atoms with Crippen LogP contribution in [0.1, 0.15) is 25.2 Å². The lowest BCUT2D eigenvalue weighted by Gasteiger charge is -2.15. The number of benzene rings is 1. The molecule has 0 saturated heterocycles. The van der Waals surface area contributed by atoms with Gasteiger partial charge in [0, 0.05) is 11.5 Å². The van der Waals surface area contributed by atoms with E-state index in [1.807, 2.05) is 25.1 Å². The van der Waals surface area contributed by atoms with Gasteiger partial charge in [0.2, 0.25) is 0 Å². The van der Waals surface area contributed by atoms with Gasteiger partial charge >= 0.3 is 5.63 Å². The summed E-state index contributed by atoms with van der Waals surface area (Å²) < 4.78 is 11.3. The van der Waals surface area contributed by atoms with Gasteiger partial charge in [-0.2, -0.15) is 0 Å². The summed E-state index contributed by atoms with van der Waals surface area (Å²) in [6.07, 6.45) is 0. The van der Waals surface area contributed by atoms with E-state index in [9.17, 15) is 4.79 Å². The zero-order chi connectivity index (χ0) is 15.0. The monoisotopic (exact) mass is 285 g/mol. The molecule has 0 spiro atoms. The maximum absolute atomic E-state index is 11.6. The highest BCUT2D eigenvalue weighted by Gasteiger charge is 2.12. The van der Waals surface area contributed by atoms with Crippen LogP contribution in [-0.2, 0) is 6.54 Å². The van der Waals surface area contributed by atoms with Gasteiger partial charge in [-0.15, -0.1) is 0 Å². The van der Waals surface area contributed by atoms with Gasteiger partial charge < -0.3 is 8.83 Å². The molecule has 0 N–H and O–H groups in total. The third-order valence-electron chi connectivity index (χ3n) is 3.94. The molecule has 0 fully saturated rings. The summed E-state index contributed by atoms with van der Waals surface area (Å²) in [5, 5.41) is 1.83. The van der Waals surface area contributed by atoms with Crippen LogP contribution in [0.5, 0.6) is 0 Å². The third kappa shape index (κ3) is 2.47. The minimum Gasteiger partial charge on any atom is -0.460 e. The lowest BCUT2D eigenvalue weighted by atomic mass is 10.1. The molecule has 0 amide bonds. The molecule has 1 aromatic carbocycles. The van der Waals surface area contributed by atoms with Crippen LogP contribution in [0.3, 0.4) is 0 Å². The van der Waals surface area contributed by atoms with Crippen molar-refractivity contribution in [3.05, 3.63) is 46.0 Å². The number of nitrogens with zero attached hydrogens (tertiary/aromatic N) is 1. The summed E-state index contributed by atoms with van der Waals surface area (Å²) in [6, 6.07) is 7.39. The van der Waals surface area contributed by atoms with Crippen molar-refractivity contribution in [3.63, 3.8) is 0 Å². The highest BCUT2D eigenvalue weighted by atomic mass is 16.4. The Kier molecular flexibility index (Phi) is 3.55. The van der Waals surface area contributed by atoms with Crippen LogP contribution in [-0.4, -0.2) is 18.0 Å². The van der Waals surface area contributed by atoms with E-state index in [1.165, 1.54) is 6.07 Å². The predicted octanol–water partition coefficient (Wildman–Crippen LogP) is 3.69. The fraction of sp³-hybridized carbons (Fsp3) is 0.353. The Labute approximate surface area is 123 Å². The Morgan fingerprint density at radius 3 is 2.52 bits per heavy atom. The van der Waals surface area contributed by atoms with Crippen LogP contribution in [0, 0.1) is 6.92 Å². The topological polar surface area (TPSA) is 46.6 Å². The molecular formula is C17H19NO3. The predicted molar refractivity (Wildman–Crippen MR) is 83.6 cm³/mol. The third-order valence-corrected chi connectivity index (χ3v) is 3.94. The Hall–Kier alpha value is -2.07. The van der Waals surface area contributed by atoms with Gasteiger partial charge in [-0.1, -0.05) is 13.8 Å². The van der Waals surface area contributed by atoms with E-state index in [0.717, 1.165) is 47.3 Å². The molecule has 0 aliphatic heterocycles. The fourth-order valence-corrected chi connectivity index (χ4v) is 2.69. The first-order valence-corrected chi connectivity index (χ1v) is 7.30. The minimum absolute atomic E-state index is 0.320. The first kappa shape index (κ1) is 13.9. The number of rotatable bonds is 4. The molecule has 0 saturated carbocycles. The molecule has 0 atom stereocenters. The standard InChI is InChI=1S/C17H19NO3/c1-4-18(5-2)10-12-9-14-15(20-12)7-6-13-11(3)8-16(19)21-17(13)14/h6-9H,4-5,10H2,1-3H3. The second-order valence-electron chi connectivity index (χ2n) is 5.28. The number of aryl methyl sites for hydroxylation is 1. The molecular weight excluding hydrogens is 266 g/mol. The smallest absolute Gasteiger partial charge is 0.336 e. The van der Waals surface area contributed by atoms with Crippen molar-refractivity contribution < 1.29 is 8.83 Å². The van der Waals surface area contributed by atoms with Crippen molar-refractivity contribution in [2.24, 2.45) is 0 Å². The van der Waals surface area contributed by atoms with Crippen molar-refractivity contribution >= 4 is 21.9 Å². The van der Waals surface area contributed by atoms with Crippen LogP contribution < -0.4 is 5.63 Å². The van der Waals surface area contributed by atoms with Crippen LogP contribution in [0.25, 0.3) is 21.9 Å². The summed E-state index contributed by atoms with van der Waals surface area (Å²) in [4.78, 5) is 13.9. The van der Waals surface area contributed by atoms with Gasteiger partial charge in [0.25, 0.3) is 0 Å². The second-order valence-corrected chi connectivity index (χ2v) is 5.28. The molecule has 2 aromatic heterocycles. The average Bonchev–Trinajstić information content (AvgIpc) is 2.87. The Bertz CT molecular complexity index is 840. The quantitative estimate of drug-likeness (QED) is 0.686. The lowest BCUT2D eigenvalue weighted by Crippen LogP contribution is -2.21. The van der Waals surface area contributed by atoms with Crippen molar-refractivity contribution in [1.29, 1.82) is 0 Å². The SMILES string of the molecule is CCN(CC)Cc1cc2c(ccc3c(C)cc(=O)oc32)o1. The fourth-order valence-electron chi connectivity index (χ4n) is 2.69. The Morgan fingerprint density at radius 2 is 1.81 bits per heavy atom. The molecule has 0 unspecified atom stereocenters. The van der Waals surface area contributed by atoms with E-state index in [1.54, 1.807) is 0 Å². The normalized spacial score (nSPS) is 11.8. The van der Waals surface area contributed by atoms with Crippen molar-refractivity contribution in [2.75, 3.05) is 13.1 Å².